The number of ether oxygens (including phenoxy) is 1. The maximum Gasteiger partial charge on any atom is 0.375 e. The van der Waals surface area contributed by atoms with Crippen molar-refractivity contribution in [3.05, 3.63) is 57.8 Å². The van der Waals surface area contributed by atoms with Crippen LogP contribution in [0, 0.1) is 6.92 Å². The molecular formula is C21H18BrNO5S. The number of fused-ring (bicyclic) bond motifs is 1. The van der Waals surface area contributed by atoms with Crippen LogP contribution in [0.1, 0.15) is 33.4 Å². The molecule has 0 atom stereocenters. The highest BCUT2D eigenvalue weighted by Gasteiger charge is 2.21. The van der Waals surface area contributed by atoms with Gasteiger partial charge in [-0.2, -0.15) is 0 Å². The first-order valence-electron chi connectivity index (χ1n) is 8.64. The van der Waals surface area contributed by atoms with Gasteiger partial charge in [-0.05, 0) is 43.5 Å². The third kappa shape index (κ3) is 4.71. The molecule has 0 unspecified atom stereocenters. The number of hydrogen-bond acceptors (Lipinski definition) is 6. The fraction of sp³-hybridized carbons (Fsp3) is 0.190. The van der Waals surface area contributed by atoms with E-state index < -0.39 is 12.6 Å². The summed E-state index contributed by atoms with van der Waals surface area (Å²) in [5.74, 6) is -1.24. The predicted molar refractivity (Wildman–Crippen MR) is 116 cm³/mol. The van der Waals surface area contributed by atoms with E-state index in [2.05, 4.69) is 21.2 Å². The second-order valence-corrected chi connectivity index (χ2v) is 8.06. The number of benzene rings is 2. The number of nitrogens with one attached hydrogen (secondary N) is 1. The Bertz CT molecular complexity index is 1120. The van der Waals surface area contributed by atoms with Gasteiger partial charge in [-0.15, -0.1) is 11.8 Å². The van der Waals surface area contributed by atoms with Gasteiger partial charge in [0.15, 0.2) is 12.4 Å². The zero-order chi connectivity index (χ0) is 21.1. The van der Waals surface area contributed by atoms with Gasteiger partial charge < -0.3 is 14.5 Å². The van der Waals surface area contributed by atoms with Crippen LogP contribution in [-0.4, -0.2) is 30.5 Å². The molecule has 2 aromatic carbocycles. The Labute approximate surface area is 180 Å². The number of halogens is 1. The normalized spacial score (nSPS) is 10.8. The van der Waals surface area contributed by atoms with E-state index in [0.717, 1.165) is 14.8 Å². The quantitative estimate of drug-likeness (QED) is 0.298. The van der Waals surface area contributed by atoms with Gasteiger partial charge in [0.1, 0.15) is 5.58 Å². The van der Waals surface area contributed by atoms with Crippen molar-refractivity contribution in [3.8, 4) is 0 Å². The number of esters is 1. The Morgan fingerprint density at radius 2 is 1.93 bits per heavy atom. The summed E-state index contributed by atoms with van der Waals surface area (Å²) < 4.78 is 11.6. The molecule has 8 heteroatoms. The van der Waals surface area contributed by atoms with E-state index in [1.54, 1.807) is 31.2 Å². The van der Waals surface area contributed by atoms with Gasteiger partial charge in [-0.3, -0.25) is 9.59 Å². The third-order valence-corrected chi connectivity index (χ3v) is 5.54. The van der Waals surface area contributed by atoms with Crippen LogP contribution < -0.4 is 5.32 Å². The van der Waals surface area contributed by atoms with E-state index in [1.165, 1.54) is 18.7 Å². The molecule has 150 valence electrons. The summed E-state index contributed by atoms with van der Waals surface area (Å²) in [6.45, 7) is 2.73. The smallest absolute Gasteiger partial charge is 0.375 e. The molecule has 29 heavy (non-hydrogen) atoms. The van der Waals surface area contributed by atoms with E-state index in [9.17, 15) is 14.4 Å². The minimum absolute atomic E-state index is 0.0718. The van der Waals surface area contributed by atoms with E-state index in [1.807, 2.05) is 18.4 Å². The van der Waals surface area contributed by atoms with Crippen LogP contribution in [0.15, 0.2) is 50.2 Å². The SMILES string of the molecule is CSc1ccc(C(=O)COC(=O)c2oc3ccc(Br)cc3c2C)cc1NC(C)=O. The van der Waals surface area contributed by atoms with Crippen molar-refractivity contribution in [2.75, 3.05) is 18.2 Å². The zero-order valence-electron chi connectivity index (χ0n) is 16.0. The first-order chi connectivity index (χ1) is 13.8. The molecule has 0 saturated carbocycles. The summed E-state index contributed by atoms with van der Waals surface area (Å²) in [6, 6.07) is 10.4. The van der Waals surface area contributed by atoms with Crippen molar-refractivity contribution in [2.45, 2.75) is 18.7 Å². The van der Waals surface area contributed by atoms with Crippen LogP contribution in [0.4, 0.5) is 5.69 Å². The van der Waals surface area contributed by atoms with Gasteiger partial charge in [0.25, 0.3) is 0 Å². The second-order valence-electron chi connectivity index (χ2n) is 6.29. The lowest BCUT2D eigenvalue weighted by Crippen LogP contribution is -2.15. The van der Waals surface area contributed by atoms with Crippen LogP contribution in [0.3, 0.4) is 0 Å². The van der Waals surface area contributed by atoms with Crippen molar-refractivity contribution < 1.29 is 23.5 Å². The molecular weight excluding hydrogens is 458 g/mol. The van der Waals surface area contributed by atoms with E-state index in [0.29, 0.717) is 22.4 Å². The van der Waals surface area contributed by atoms with Gasteiger partial charge in [-0.1, -0.05) is 22.0 Å². The molecule has 0 aliphatic heterocycles. The Hall–Kier alpha value is -2.58. The summed E-state index contributed by atoms with van der Waals surface area (Å²) in [5, 5.41) is 3.50. The van der Waals surface area contributed by atoms with Crippen LogP contribution >= 0.6 is 27.7 Å². The first-order valence-corrected chi connectivity index (χ1v) is 10.7. The van der Waals surface area contributed by atoms with Crippen LogP contribution in [-0.2, 0) is 9.53 Å². The lowest BCUT2D eigenvalue weighted by atomic mass is 10.1. The maximum absolute atomic E-state index is 12.5. The number of rotatable bonds is 6. The number of Topliss-reactive ketones (excluding diaryl/α,β-unsaturated/α-hetero) is 1. The number of carbonyl (C=O) groups excluding carboxylic acids is 3. The fourth-order valence-corrected chi connectivity index (χ4v) is 3.73. The number of thioether (sulfide) groups is 1. The number of ketones is 1. The molecule has 3 aromatic rings. The van der Waals surface area contributed by atoms with E-state index in [4.69, 9.17) is 9.15 Å². The molecule has 1 amide bonds. The van der Waals surface area contributed by atoms with Gasteiger partial charge >= 0.3 is 5.97 Å². The average molecular weight is 476 g/mol. The van der Waals surface area contributed by atoms with Crippen molar-refractivity contribution in [1.82, 2.24) is 0 Å². The van der Waals surface area contributed by atoms with Crippen molar-refractivity contribution in [1.29, 1.82) is 0 Å². The average Bonchev–Trinajstić information content (AvgIpc) is 3.01. The fourth-order valence-electron chi connectivity index (χ4n) is 2.84. The molecule has 1 N–H and O–H groups in total. The summed E-state index contributed by atoms with van der Waals surface area (Å²) in [4.78, 5) is 37.1. The highest BCUT2D eigenvalue weighted by Crippen LogP contribution is 2.29. The molecule has 1 aromatic heterocycles. The van der Waals surface area contributed by atoms with Gasteiger partial charge in [0.05, 0.1) is 5.69 Å². The number of carbonyl (C=O) groups is 3. The highest BCUT2D eigenvalue weighted by molar-refractivity contribution is 9.10. The Kier molecular flexibility index (Phi) is 6.44. The molecule has 0 aliphatic rings. The maximum atomic E-state index is 12.5. The molecule has 0 radical (unpaired) electrons. The number of hydrogen-bond donors (Lipinski definition) is 1. The Morgan fingerprint density at radius 1 is 1.17 bits per heavy atom. The van der Waals surface area contributed by atoms with Crippen molar-refractivity contribution >= 4 is 62.0 Å². The van der Waals surface area contributed by atoms with Crippen molar-refractivity contribution in [2.24, 2.45) is 0 Å². The number of anilines is 1. The predicted octanol–water partition coefficient (Wildman–Crippen LogP) is 5.22. The minimum atomic E-state index is -0.703. The molecule has 0 bridgehead atoms. The Balaban J connectivity index is 1.74. The van der Waals surface area contributed by atoms with Gasteiger partial charge in [0, 0.05) is 32.8 Å². The number of aryl methyl sites for hydroxylation is 1. The molecule has 0 fully saturated rings. The summed E-state index contributed by atoms with van der Waals surface area (Å²) >= 11 is 4.84. The van der Waals surface area contributed by atoms with Crippen molar-refractivity contribution in [3.63, 3.8) is 0 Å². The number of amides is 1. The van der Waals surface area contributed by atoms with E-state index >= 15 is 0 Å². The summed E-state index contributed by atoms with van der Waals surface area (Å²) in [7, 11) is 0. The standard InChI is InChI=1S/C21H18BrNO5S/c1-11-15-9-14(22)5-6-18(15)28-20(11)21(26)27-10-17(25)13-4-7-19(29-3)16(8-13)23-12(2)24/h4-9H,10H2,1-3H3,(H,23,24). The first kappa shape index (κ1) is 21.1. The highest BCUT2D eigenvalue weighted by atomic mass is 79.9. The molecule has 3 rings (SSSR count). The third-order valence-electron chi connectivity index (χ3n) is 4.25. The molecule has 0 spiro atoms. The van der Waals surface area contributed by atoms with Gasteiger partial charge in [0.2, 0.25) is 11.7 Å². The van der Waals surface area contributed by atoms with Gasteiger partial charge in [-0.25, -0.2) is 4.79 Å². The molecule has 6 nitrogen and oxygen atoms in total. The minimum Gasteiger partial charge on any atom is -0.451 e. The topological polar surface area (TPSA) is 85.6 Å². The molecule has 0 saturated heterocycles. The van der Waals surface area contributed by atoms with E-state index in [-0.39, 0.29) is 17.5 Å². The lowest BCUT2D eigenvalue weighted by molar-refractivity contribution is -0.114. The van der Waals surface area contributed by atoms with Crippen LogP contribution in [0.5, 0.6) is 0 Å². The van der Waals surface area contributed by atoms with Crippen LogP contribution in [0.25, 0.3) is 11.0 Å². The Morgan fingerprint density at radius 3 is 2.62 bits per heavy atom. The zero-order valence-corrected chi connectivity index (χ0v) is 18.4. The van der Waals surface area contributed by atoms with Crippen LogP contribution in [0.2, 0.25) is 0 Å². The molecule has 0 aliphatic carbocycles. The monoisotopic (exact) mass is 475 g/mol. The molecule has 1 heterocycles. The largest absolute Gasteiger partial charge is 0.451 e. The number of furan rings is 1. The summed E-state index contributed by atoms with van der Waals surface area (Å²) in [5.41, 5.74) is 2.10. The summed E-state index contributed by atoms with van der Waals surface area (Å²) in [6.07, 6.45) is 1.87. The second kappa shape index (κ2) is 8.84. The lowest BCUT2D eigenvalue weighted by Gasteiger charge is -2.10.